The molecular formula is C15H12N2O4. The third-order valence-electron chi connectivity index (χ3n) is 3.76. The van der Waals surface area contributed by atoms with E-state index in [1.165, 1.54) is 12.1 Å². The first kappa shape index (κ1) is 13.2. The summed E-state index contributed by atoms with van der Waals surface area (Å²) in [5.74, 6) is -1.25. The minimum atomic E-state index is -1.17. The molecule has 1 aromatic carbocycles. The first-order valence-corrected chi connectivity index (χ1v) is 6.52. The number of nitrogens with zero attached hydrogens (tertiary/aromatic N) is 2. The van der Waals surface area contributed by atoms with E-state index in [0.29, 0.717) is 5.56 Å². The zero-order valence-electron chi connectivity index (χ0n) is 11.0. The number of aromatic carboxylic acids is 1. The molecule has 0 amide bonds. The molecule has 1 aliphatic carbocycles. The zero-order valence-corrected chi connectivity index (χ0v) is 11.0. The zero-order chi connectivity index (χ0) is 15.0. The van der Waals surface area contributed by atoms with Crippen molar-refractivity contribution in [2.45, 2.75) is 18.8 Å². The molecule has 1 N–H and O–H groups in total. The summed E-state index contributed by atoms with van der Waals surface area (Å²) < 4.78 is 0. The van der Waals surface area contributed by atoms with Gasteiger partial charge in [0.1, 0.15) is 0 Å². The summed E-state index contributed by atoms with van der Waals surface area (Å²) in [5.41, 5.74) is 2.37. The van der Waals surface area contributed by atoms with Gasteiger partial charge in [-0.25, -0.2) is 4.79 Å². The van der Waals surface area contributed by atoms with Gasteiger partial charge in [-0.3, -0.25) is 15.1 Å². The van der Waals surface area contributed by atoms with E-state index in [1.54, 1.807) is 6.20 Å². The monoisotopic (exact) mass is 284 g/mol. The molecule has 0 fully saturated rings. The fourth-order valence-electron chi connectivity index (χ4n) is 2.80. The summed E-state index contributed by atoms with van der Waals surface area (Å²) in [4.78, 5) is 25.9. The van der Waals surface area contributed by atoms with Gasteiger partial charge in [-0.1, -0.05) is 6.07 Å². The third kappa shape index (κ3) is 2.35. The van der Waals surface area contributed by atoms with E-state index in [9.17, 15) is 14.9 Å². The summed E-state index contributed by atoms with van der Waals surface area (Å²) in [5, 5.41) is 20.1. The van der Waals surface area contributed by atoms with E-state index in [-0.39, 0.29) is 17.2 Å². The average Bonchev–Trinajstić information content (AvgIpc) is 2.90. The molecule has 0 spiro atoms. The fourth-order valence-corrected chi connectivity index (χ4v) is 2.80. The molecule has 6 nitrogen and oxygen atoms in total. The van der Waals surface area contributed by atoms with Crippen molar-refractivity contribution in [2.24, 2.45) is 0 Å². The molecule has 0 bridgehead atoms. The van der Waals surface area contributed by atoms with Crippen LogP contribution in [0, 0.1) is 10.1 Å². The molecule has 6 heteroatoms. The number of nitro benzene ring substituents is 1. The second-order valence-corrected chi connectivity index (χ2v) is 5.01. The Morgan fingerprint density at radius 1 is 1.38 bits per heavy atom. The lowest BCUT2D eigenvalue weighted by Crippen LogP contribution is -2.04. The highest BCUT2D eigenvalue weighted by Gasteiger charge is 2.27. The summed E-state index contributed by atoms with van der Waals surface area (Å²) in [6.45, 7) is 0. The van der Waals surface area contributed by atoms with Gasteiger partial charge in [0.15, 0.2) is 0 Å². The van der Waals surface area contributed by atoms with Crippen LogP contribution in [0.1, 0.15) is 39.5 Å². The van der Waals surface area contributed by atoms with Gasteiger partial charge in [-0.15, -0.1) is 0 Å². The minimum absolute atomic E-state index is 0.0661. The number of carboxylic acid groups (broad SMARTS) is 1. The highest BCUT2D eigenvalue weighted by atomic mass is 16.6. The van der Waals surface area contributed by atoms with Gasteiger partial charge in [0.2, 0.25) is 0 Å². The lowest BCUT2D eigenvalue weighted by atomic mass is 9.94. The van der Waals surface area contributed by atoms with E-state index >= 15 is 0 Å². The Morgan fingerprint density at radius 2 is 2.19 bits per heavy atom. The summed E-state index contributed by atoms with van der Waals surface area (Å²) in [7, 11) is 0. The van der Waals surface area contributed by atoms with Gasteiger partial charge in [-0.05, 0) is 36.1 Å². The van der Waals surface area contributed by atoms with Crippen molar-refractivity contribution < 1.29 is 14.8 Å². The summed E-state index contributed by atoms with van der Waals surface area (Å²) in [6.07, 6.45) is 3.32. The Bertz CT molecular complexity index is 710. The van der Waals surface area contributed by atoms with Crippen LogP contribution in [-0.2, 0) is 6.42 Å². The van der Waals surface area contributed by atoms with Crippen molar-refractivity contribution in [3.63, 3.8) is 0 Å². The molecule has 3 rings (SSSR count). The molecule has 21 heavy (non-hydrogen) atoms. The second kappa shape index (κ2) is 4.97. The van der Waals surface area contributed by atoms with Gasteiger partial charge in [0.25, 0.3) is 5.69 Å². The van der Waals surface area contributed by atoms with Crippen molar-refractivity contribution in [1.82, 2.24) is 4.98 Å². The number of rotatable bonds is 3. The second-order valence-electron chi connectivity index (χ2n) is 5.01. The highest BCUT2D eigenvalue weighted by Crippen LogP contribution is 2.38. The molecule has 1 atom stereocenters. The number of non-ortho nitro benzene ring substituents is 1. The number of nitro groups is 1. The SMILES string of the molecule is O=C(O)c1cc(C2CCc3cccnc32)cc([N+](=O)[O-])c1. The molecule has 0 aliphatic heterocycles. The quantitative estimate of drug-likeness (QED) is 0.691. The Morgan fingerprint density at radius 3 is 2.90 bits per heavy atom. The number of aryl methyl sites for hydroxylation is 1. The normalized spacial score (nSPS) is 16.5. The Hall–Kier alpha value is -2.76. The number of benzene rings is 1. The van der Waals surface area contributed by atoms with Gasteiger partial charge in [-0.2, -0.15) is 0 Å². The number of hydrogen-bond donors (Lipinski definition) is 1. The van der Waals surface area contributed by atoms with Crippen molar-refractivity contribution in [2.75, 3.05) is 0 Å². The van der Waals surface area contributed by atoms with E-state index < -0.39 is 10.9 Å². The number of pyridine rings is 1. The topological polar surface area (TPSA) is 93.3 Å². The maximum Gasteiger partial charge on any atom is 0.335 e. The van der Waals surface area contributed by atoms with Crippen LogP contribution in [0.2, 0.25) is 0 Å². The van der Waals surface area contributed by atoms with Crippen LogP contribution >= 0.6 is 0 Å². The van der Waals surface area contributed by atoms with Crippen molar-refractivity contribution in [3.05, 3.63) is 69.0 Å². The smallest absolute Gasteiger partial charge is 0.335 e. The Balaban J connectivity index is 2.11. The number of carbonyl (C=O) groups is 1. The van der Waals surface area contributed by atoms with Crippen LogP contribution in [0.15, 0.2) is 36.5 Å². The molecule has 0 saturated carbocycles. The van der Waals surface area contributed by atoms with Crippen LogP contribution in [0.5, 0.6) is 0 Å². The van der Waals surface area contributed by atoms with Crippen molar-refractivity contribution >= 4 is 11.7 Å². The molecule has 106 valence electrons. The maximum atomic E-state index is 11.2. The predicted molar refractivity (Wildman–Crippen MR) is 74.5 cm³/mol. The van der Waals surface area contributed by atoms with E-state index in [0.717, 1.165) is 30.2 Å². The van der Waals surface area contributed by atoms with Gasteiger partial charge in [0, 0.05) is 24.2 Å². The predicted octanol–water partition coefficient (Wildman–Crippen LogP) is 2.77. The number of hydrogen-bond acceptors (Lipinski definition) is 4. The largest absolute Gasteiger partial charge is 0.478 e. The third-order valence-corrected chi connectivity index (χ3v) is 3.76. The highest BCUT2D eigenvalue weighted by molar-refractivity contribution is 5.88. The molecule has 1 aliphatic rings. The van der Waals surface area contributed by atoms with Crippen molar-refractivity contribution in [1.29, 1.82) is 0 Å². The van der Waals surface area contributed by atoms with Gasteiger partial charge < -0.3 is 5.11 Å². The van der Waals surface area contributed by atoms with Crippen molar-refractivity contribution in [3.8, 4) is 0 Å². The minimum Gasteiger partial charge on any atom is -0.478 e. The lowest BCUT2D eigenvalue weighted by Gasteiger charge is -2.11. The molecular weight excluding hydrogens is 272 g/mol. The van der Waals surface area contributed by atoms with Crippen LogP contribution in [0.3, 0.4) is 0 Å². The van der Waals surface area contributed by atoms with Crippen LogP contribution in [-0.4, -0.2) is 21.0 Å². The molecule has 1 heterocycles. The van der Waals surface area contributed by atoms with E-state index in [4.69, 9.17) is 5.11 Å². The number of fused-ring (bicyclic) bond motifs is 1. The lowest BCUT2D eigenvalue weighted by molar-refractivity contribution is -0.385. The molecule has 2 aromatic rings. The average molecular weight is 284 g/mol. The summed E-state index contributed by atoms with van der Waals surface area (Å²) >= 11 is 0. The van der Waals surface area contributed by atoms with E-state index in [1.807, 2.05) is 12.1 Å². The molecule has 0 saturated heterocycles. The molecule has 1 unspecified atom stereocenters. The van der Waals surface area contributed by atoms with Crippen LogP contribution in [0.25, 0.3) is 0 Å². The van der Waals surface area contributed by atoms with Gasteiger partial charge >= 0.3 is 5.97 Å². The maximum absolute atomic E-state index is 11.2. The number of aromatic nitrogens is 1. The molecule has 0 radical (unpaired) electrons. The Labute approximate surface area is 120 Å². The van der Waals surface area contributed by atoms with Gasteiger partial charge in [0.05, 0.1) is 16.2 Å². The molecule has 1 aromatic heterocycles. The Kier molecular flexibility index (Phi) is 3.13. The number of carboxylic acids is 1. The fraction of sp³-hybridized carbons (Fsp3) is 0.200. The van der Waals surface area contributed by atoms with Crippen LogP contribution < -0.4 is 0 Å². The first-order chi connectivity index (χ1) is 10.1. The van der Waals surface area contributed by atoms with Crippen LogP contribution in [0.4, 0.5) is 5.69 Å². The van der Waals surface area contributed by atoms with E-state index in [2.05, 4.69) is 4.98 Å². The summed E-state index contributed by atoms with van der Waals surface area (Å²) in [6, 6.07) is 7.87. The standard InChI is InChI=1S/C15H12N2O4/c18-15(19)11-6-10(7-12(8-11)17(20)21)13-4-3-9-2-1-5-16-14(9)13/h1-2,5-8,13H,3-4H2,(H,18,19). The first-order valence-electron chi connectivity index (χ1n) is 6.52.